The molecule has 0 aromatic heterocycles. The van der Waals surface area contributed by atoms with E-state index in [-0.39, 0.29) is 24.5 Å². The van der Waals surface area contributed by atoms with Crippen LogP contribution in [0.2, 0.25) is 0 Å². The summed E-state index contributed by atoms with van der Waals surface area (Å²) < 4.78 is 15.9. The molecular formula is C24H25NO6. The number of Topliss-reactive ketones (excluding diaryl/α,β-unsaturated/α-hetero) is 1. The first-order valence-electron chi connectivity index (χ1n) is 9.77. The minimum absolute atomic E-state index is 0.0205. The zero-order valence-corrected chi connectivity index (χ0v) is 17.5. The summed E-state index contributed by atoms with van der Waals surface area (Å²) in [6, 6.07) is 12.9. The minimum Gasteiger partial charge on any atom is -0.507 e. The number of carbonyl (C=O) groups excluding carboxylic acids is 2. The molecule has 1 unspecified atom stereocenters. The first-order chi connectivity index (χ1) is 15.0. The highest BCUT2D eigenvalue weighted by molar-refractivity contribution is 6.46. The van der Waals surface area contributed by atoms with Crippen molar-refractivity contribution in [2.24, 2.45) is 0 Å². The molecule has 0 spiro atoms. The molecule has 1 aliphatic rings. The number of hydrogen-bond donors (Lipinski definition) is 1. The summed E-state index contributed by atoms with van der Waals surface area (Å²) in [5, 5.41) is 11.0. The zero-order chi connectivity index (χ0) is 22.4. The molecule has 1 heterocycles. The number of hydrogen-bond acceptors (Lipinski definition) is 6. The monoisotopic (exact) mass is 423 g/mol. The Morgan fingerprint density at radius 2 is 1.87 bits per heavy atom. The molecule has 0 radical (unpaired) electrons. The summed E-state index contributed by atoms with van der Waals surface area (Å²) in [5.74, 6) is -0.496. The van der Waals surface area contributed by atoms with Gasteiger partial charge in [0, 0.05) is 19.2 Å². The van der Waals surface area contributed by atoms with Crippen LogP contribution >= 0.6 is 0 Å². The van der Waals surface area contributed by atoms with Gasteiger partial charge in [-0.05, 0) is 42.0 Å². The SMILES string of the molecule is C=CCOc1cccc(C2C(=C(O)c3ccc(OC)cc3)C(=O)C(=O)N2CCOC)c1. The van der Waals surface area contributed by atoms with E-state index in [2.05, 4.69) is 6.58 Å². The average molecular weight is 423 g/mol. The molecule has 1 saturated heterocycles. The molecule has 1 aliphatic heterocycles. The largest absolute Gasteiger partial charge is 0.507 e. The van der Waals surface area contributed by atoms with Crippen molar-refractivity contribution in [2.75, 3.05) is 34.0 Å². The van der Waals surface area contributed by atoms with Crippen LogP contribution in [0.5, 0.6) is 11.5 Å². The maximum Gasteiger partial charge on any atom is 0.295 e. The molecule has 0 bridgehead atoms. The predicted molar refractivity (Wildman–Crippen MR) is 116 cm³/mol. The van der Waals surface area contributed by atoms with E-state index < -0.39 is 17.7 Å². The molecule has 31 heavy (non-hydrogen) atoms. The van der Waals surface area contributed by atoms with E-state index in [1.54, 1.807) is 54.6 Å². The highest BCUT2D eigenvalue weighted by atomic mass is 16.5. The van der Waals surface area contributed by atoms with Gasteiger partial charge in [-0.15, -0.1) is 0 Å². The lowest BCUT2D eigenvalue weighted by Crippen LogP contribution is -2.32. The van der Waals surface area contributed by atoms with Gasteiger partial charge in [0.25, 0.3) is 11.7 Å². The molecule has 0 aliphatic carbocycles. The fourth-order valence-electron chi connectivity index (χ4n) is 3.48. The van der Waals surface area contributed by atoms with Crippen LogP contribution in [0.25, 0.3) is 5.76 Å². The number of rotatable bonds is 9. The van der Waals surface area contributed by atoms with E-state index in [1.807, 2.05) is 0 Å². The summed E-state index contributed by atoms with van der Waals surface area (Å²) in [7, 11) is 3.06. The molecule has 7 nitrogen and oxygen atoms in total. The molecule has 0 saturated carbocycles. The van der Waals surface area contributed by atoms with Gasteiger partial charge in [0.05, 0.1) is 25.3 Å². The third kappa shape index (κ3) is 4.62. The first-order valence-corrected chi connectivity index (χ1v) is 9.77. The predicted octanol–water partition coefficient (Wildman–Crippen LogP) is 3.33. The van der Waals surface area contributed by atoms with Gasteiger partial charge in [-0.2, -0.15) is 0 Å². The van der Waals surface area contributed by atoms with Crippen molar-refractivity contribution in [2.45, 2.75) is 6.04 Å². The topological polar surface area (TPSA) is 85.3 Å². The standard InChI is InChI=1S/C24H25NO6/c1-4-13-31-19-7-5-6-17(15-19)21-20(23(27)24(28)25(21)12-14-29-2)22(26)16-8-10-18(30-3)11-9-16/h4-11,15,21,26H,1,12-14H2,2-3H3. The van der Waals surface area contributed by atoms with E-state index in [9.17, 15) is 14.7 Å². The summed E-state index contributed by atoms with van der Waals surface area (Å²) in [4.78, 5) is 27.2. The van der Waals surface area contributed by atoms with E-state index in [0.29, 0.717) is 29.2 Å². The number of ketones is 1. The third-order valence-corrected chi connectivity index (χ3v) is 4.98. The van der Waals surface area contributed by atoms with E-state index in [4.69, 9.17) is 14.2 Å². The second-order valence-electron chi connectivity index (χ2n) is 6.89. The van der Waals surface area contributed by atoms with Crippen molar-refractivity contribution in [3.05, 3.63) is 77.9 Å². The molecule has 2 aromatic carbocycles. The number of nitrogens with zero attached hydrogens (tertiary/aromatic N) is 1. The number of likely N-dealkylation sites (tertiary alicyclic amines) is 1. The number of ether oxygens (including phenoxy) is 3. The smallest absolute Gasteiger partial charge is 0.295 e. The minimum atomic E-state index is -0.774. The van der Waals surface area contributed by atoms with Gasteiger partial charge >= 0.3 is 0 Å². The zero-order valence-electron chi connectivity index (χ0n) is 17.5. The summed E-state index contributed by atoms with van der Waals surface area (Å²) >= 11 is 0. The number of carbonyl (C=O) groups is 2. The lowest BCUT2D eigenvalue weighted by atomic mass is 9.95. The van der Waals surface area contributed by atoms with E-state index in [1.165, 1.54) is 19.1 Å². The van der Waals surface area contributed by atoms with Crippen molar-refractivity contribution in [1.82, 2.24) is 4.90 Å². The fourth-order valence-corrected chi connectivity index (χ4v) is 3.48. The second-order valence-corrected chi connectivity index (χ2v) is 6.89. The van der Waals surface area contributed by atoms with Crippen molar-refractivity contribution < 1.29 is 28.9 Å². The molecule has 3 rings (SSSR count). The number of aliphatic hydroxyl groups is 1. The third-order valence-electron chi connectivity index (χ3n) is 4.98. The van der Waals surface area contributed by atoms with Crippen LogP contribution in [0.3, 0.4) is 0 Å². The first kappa shape index (κ1) is 22.1. The number of benzene rings is 2. The summed E-state index contributed by atoms with van der Waals surface area (Å²) in [5.41, 5.74) is 1.08. The maximum absolute atomic E-state index is 12.9. The molecule has 162 valence electrons. The van der Waals surface area contributed by atoms with Crippen LogP contribution in [-0.4, -0.2) is 55.7 Å². The van der Waals surface area contributed by atoms with E-state index >= 15 is 0 Å². The molecule has 1 amide bonds. The molecule has 1 N–H and O–H groups in total. The average Bonchev–Trinajstić information content (AvgIpc) is 3.06. The molecular weight excluding hydrogens is 398 g/mol. The lowest BCUT2D eigenvalue weighted by molar-refractivity contribution is -0.140. The van der Waals surface area contributed by atoms with Crippen LogP contribution in [0.4, 0.5) is 0 Å². The van der Waals surface area contributed by atoms with Crippen LogP contribution in [0.15, 0.2) is 66.8 Å². The van der Waals surface area contributed by atoms with Crippen molar-refractivity contribution in [1.29, 1.82) is 0 Å². The summed E-state index contributed by atoms with van der Waals surface area (Å²) in [6.07, 6.45) is 1.63. The fraction of sp³-hybridized carbons (Fsp3) is 0.250. The Hall–Kier alpha value is -3.58. The Balaban J connectivity index is 2.11. The number of amides is 1. The van der Waals surface area contributed by atoms with Crippen LogP contribution < -0.4 is 9.47 Å². The molecule has 1 fully saturated rings. The quantitative estimate of drug-likeness (QED) is 0.288. The Morgan fingerprint density at radius 3 is 2.52 bits per heavy atom. The van der Waals surface area contributed by atoms with Crippen molar-refractivity contribution >= 4 is 17.4 Å². The molecule has 2 aromatic rings. The van der Waals surface area contributed by atoms with Gasteiger partial charge in [-0.3, -0.25) is 9.59 Å². The Kier molecular flexibility index (Phi) is 7.10. The van der Waals surface area contributed by atoms with E-state index in [0.717, 1.165) is 0 Å². The lowest BCUT2D eigenvalue weighted by Gasteiger charge is -2.25. The van der Waals surface area contributed by atoms with Crippen LogP contribution in [-0.2, 0) is 14.3 Å². The summed E-state index contributed by atoms with van der Waals surface area (Å²) in [6.45, 7) is 4.40. The van der Waals surface area contributed by atoms with Gasteiger partial charge in [0.15, 0.2) is 0 Å². The Morgan fingerprint density at radius 1 is 1.13 bits per heavy atom. The number of aliphatic hydroxyl groups excluding tert-OH is 1. The highest BCUT2D eigenvalue weighted by Crippen LogP contribution is 2.40. The second kappa shape index (κ2) is 9.95. The Bertz CT molecular complexity index is 995. The van der Waals surface area contributed by atoms with Gasteiger partial charge in [0.1, 0.15) is 23.9 Å². The van der Waals surface area contributed by atoms with Gasteiger partial charge in [-0.25, -0.2) is 0 Å². The molecule has 7 heteroatoms. The van der Waals surface area contributed by atoms with Crippen LogP contribution in [0, 0.1) is 0 Å². The normalized spacial score (nSPS) is 17.6. The van der Waals surface area contributed by atoms with Gasteiger partial charge in [-0.1, -0.05) is 24.8 Å². The maximum atomic E-state index is 12.9. The molecule has 1 atom stereocenters. The number of methoxy groups -OCH3 is 2. The Labute approximate surface area is 181 Å². The van der Waals surface area contributed by atoms with Gasteiger partial charge in [0.2, 0.25) is 0 Å². The van der Waals surface area contributed by atoms with Crippen molar-refractivity contribution in [3.8, 4) is 11.5 Å². The van der Waals surface area contributed by atoms with Crippen molar-refractivity contribution in [3.63, 3.8) is 0 Å². The highest BCUT2D eigenvalue weighted by Gasteiger charge is 2.46. The van der Waals surface area contributed by atoms with Gasteiger partial charge < -0.3 is 24.2 Å². The van der Waals surface area contributed by atoms with Crippen LogP contribution in [0.1, 0.15) is 17.2 Å².